The number of nitrogens with zero attached hydrogens (tertiary/aromatic N) is 2. The van der Waals surface area contributed by atoms with Crippen LogP contribution < -0.4 is 19.1 Å². The van der Waals surface area contributed by atoms with Crippen LogP contribution in [0.25, 0.3) is 0 Å². The minimum atomic E-state index is -3.81. The number of anilines is 1. The van der Waals surface area contributed by atoms with Gasteiger partial charge in [0, 0.05) is 19.7 Å². The summed E-state index contributed by atoms with van der Waals surface area (Å²) in [7, 11) is -2.31. The SMILES string of the molecule is CCS(=O)(=O)N(CC(=O)N(Cc1ccccc1C)[C@@H](C)C(=O)NC)c1ccc2c(c1)OCCO2. The standard InChI is InChI=1S/C24H31N3O6S/c1-5-34(30,31)27(20-10-11-21-22(14-20)33-13-12-32-21)16-23(28)26(18(3)24(29)25-4)15-19-9-7-6-8-17(19)2/h6-11,14,18H,5,12-13,15-16H2,1-4H3,(H,25,29)/t18-/m0/s1. The Hall–Kier alpha value is -3.27. The number of nitrogens with one attached hydrogen (secondary N) is 1. The zero-order valence-corrected chi connectivity index (χ0v) is 20.7. The van der Waals surface area contributed by atoms with Gasteiger partial charge in [0.15, 0.2) is 11.5 Å². The quantitative estimate of drug-likeness (QED) is 0.578. The molecular formula is C24H31N3O6S. The van der Waals surface area contributed by atoms with Gasteiger partial charge < -0.3 is 19.7 Å². The van der Waals surface area contributed by atoms with Crippen LogP contribution >= 0.6 is 0 Å². The van der Waals surface area contributed by atoms with Gasteiger partial charge in [-0.15, -0.1) is 0 Å². The Bertz CT molecular complexity index is 1150. The van der Waals surface area contributed by atoms with Gasteiger partial charge in [0.25, 0.3) is 0 Å². The van der Waals surface area contributed by atoms with E-state index in [0.717, 1.165) is 15.4 Å². The number of amides is 2. The van der Waals surface area contributed by atoms with Gasteiger partial charge in [-0.3, -0.25) is 13.9 Å². The first-order chi connectivity index (χ1) is 16.2. The van der Waals surface area contributed by atoms with Gasteiger partial charge in [-0.1, -0.05) is 24.3 Å². The van der Waals surface area contributed by atoms with Crippen LogP contribution in [0.4, 0.5) is 5.69 Å². The Morgan fingerprint density at radius 1 is 1.09 bits per heavy atom. The molecule has 1 N–H and O–H groups in total. The van der Waals surface area contributed by atoms with Crippen molar-refractivity contribution in [3.05, 3.63) is 53.6 Å². The second kappa shape index (κ2) is 10.8. The first kappa shape index (κ1) is 25.4. The molecule has 0 unspecified atom stereocenters. The monoisotopic (exact) mass is 489 g/mol. The van der Waals surface area contributed by atoms with Crippen LogP contribution in [-0.4, -0.2) is 63.7 Å². The summed E-state index contributed by atoms with van der Waals surface area (Å²) in [4.78, 5) is 27.4. The molecule has 0 radical (unpaired) electrons. The second-order valence-corrected chi connectivity index (χ2v) is 10.2. The van der Waals surface area contributed by atoms with E-state index in [9.17, 15) is 18.0 Å². The summed E-state index contributed by atoms with van der Waals surface area (Å²) in [5, 5.41) is 2.57. The number of rotatable bonds is 9. The summed E-state index contributed by atoms with van der Waals surface area (Å²) in [6, 6.07) is 11.5. The molecule has 0 fully saturated rings. The van der Waals surface area contributed by atoms with Crippen molar-refractivity contribution in [2.45, 2.75) is 33.4 Å². The lowest BCUT2D eigenvalue weighted by Crippen LogP contribution is -2.51. The number of sulfonamides is 1. The Balaban J connectivity index is 1.96. The van der Waals surface area contributed by atoms with Gasteiger partial charge in [0.05, 0.1) is 11.4 Å². The molecule has 3 rings (SSSR count). The molecule has 0 saturated carbocycles. The number of hydrogen-bond acceptors (Lipinski definition) is 6. The highest BCUT2D eigenvalue weighted by Gasteiger charge is 2.31. The van der Waals surface area contributed by atoms with Crippen molar-refractivity contribution < 1.29 is 27.5 Å². The van der Waals surface area contributed by atoms with Crippen LogP contribution in [0.3, 0.4) is 0 Å². The molecule has 0 bridgehead atoms. The van der Waals surface area contributed by atoms with E-state index in [4.69, 9.17) is 9.47 Å². The zero-order chi connectivity index (χ0) is 24.9. The molecule has 2 aromatic carbocycles. The third kappa shape index (κ3) is 5.61. The largest absolute Gasteiger partial charge is 0.486 e. The molecule has 2 amide bonds. The van der Waals surface area contributed by atoms with Crippen LogP contribution in [0.1, 0.15) is 25.0 Å². The first-order valence-electron chi connectivity index (χ1n) is 11.1. The Labute approximate surface area is 200 Å². The average molecular weight is 490 g/mol. The third-order valence-corrected chi connectivity index (χ3v) is 7.55. The number of carbonyl (C=O) groups excluding carboxylic acids is 2. The Morgan fingerprint density at radius 3 is 2.41 bits per heavy atom. The lowest BCUT2D eigenvalue weighted by molar-refractivity contribution is -0.139. The predicted molar refractivity (Wildman–Crippen MR) is 129 cm³/mol. The van der Waals surface area contributed by atoms with Crippen molar-refractivity contribution >= 4 is 27.5 Å². The zero-order valence-electron chi connectivity index (χ0n) is 19.9. The van der Waals surface area contributed by atoms with Gasteiger partial charge in [-0.05, 0) is 44.0 Å². The molecule has 1 aliphatic rings. The van der Waals surface area contributed by atoms with Crippen molar-refractivity contribution in [1.82, 2.24) is 10.2 Å². The van der Waals surface area contributed by atoms with Gasteiger partial charge in [-0.2, -0.15) is 0 Å². The Morgan fingerprint density at radius 2 is 1.76 bits per heavy atom. The lowest BCUT2D eigenvalue weighted by atomic mass is 10.1. The average Bonchev–Trinajstić information content (AvgIpc) is 2.85. The fourth-order valence-corrected chi connectivity index (χ4v) is 4.72. The highest BCUT2D eigenvalue weighted by Crippen LogP contribution is 2.35. The topological polar surface area (TPSA) is 105 Å². The van der Waals surface area contributed by atoms with Crippen LogP contribution in [0, 0.1) is 6.92 Å². The van der Waals surface area contributed by atoms with E-state index in [-0.39, 0.29) is 18.2 Å². The molecule has 1 atom stereocenters. The molecule has 9 nitrogen and oxygen atoms in total. The van der Waals surface area contributed by atoms with E-state index >= 15 is 0 Å². The van der Waals surface area contributed by atoms with Crippen LogP contribution in [0.5, 0.6) is 11.5 Å². The maximum atomic E-state index is 13.5. The molecule has 0 aromatic heterocycles. The summed E-state index contributed by atoms with van der Waals surface area (Å²) < 4.78 is 38.2. The van der Waals surface area contributed by atoms with E-state index in [2.05, 4.69) is 5.32 Å². The maximum absolute atomic E-state index is 13.5. The number of hydrogen-bond donors (Lipinski definition) is 1. The lowest BCUT2D eigenvalue weighted by Gasteiger charge is -2.32. The highest BCUT2D eigenvalue weighted by atomic mass is 32.2. The number of likely N-dealkylation sites (N-methyl/N-ethyl adjacent to an activating group) is 1. The number of fused-ring (bicyclic) bond motifs is 1. The molecule has 0 saturated heterocycles. The summed E-state index contributed by atoms with van der Waals surface area (Å²) in [5.74, 6) is -0.0950. The fourth-order valence-electron chi connectivity index (χ4n) is 3.67. The van der Waals surface area contributed by atoms with Crippen LogP contribution in [0.15, 0.2) is 42.5 Å². The van der Waals surface area contributed by atoms with Gasteiger partial charge in [-0.25, -0.2) is 8.42 Å². The highest BCUT2D eigenvalue weighted by molar-refractivity contribution is 7.92. The Kier molecular flexibility index (Phi) is 8.03. The van der Waals surface area contributed by atoms with E-state index in [1.165, 1.54) is 18.9 Å². The van der Waals surface area contributed by atoms with Gasteiger partial charge in [0.2, 0.25) is 21.8 Å². The second-order valence-electron chi connectivity index (χ2n) is 7.97. The van der Waals surface area contributed by atoms with Crippen LogP contribution in [-0.2, 0) is 26.2 Å². The molecule has 1 heterocycles. The predicted octanol–water partition coefficient (Wildman–Crippen LogP) is 2.09. The summed E-state index contributed by atoms with van der Waals surface area (Å²) >= 11 is 0. The van der Waals surface area contributed by atoms with Gasteiger partial charge in [0.1, 0.15) is 25.8 Å². The molecule has 184 valence electrons. The summed E-state index contributed by atoms with van der Waals surface area (Å²) in [6.07, 6.45) is 0. The summed E-state index contributed by atoms with van der Waals surface area (Å²) in [6.45, 7) is 5.54. The van der Waals surface area contributed by atoms with Crippen molar-refractivity contribution in [1.29, 1.82) is 0 Å². The van der Waals surface area contributed by atoms with Crippen molar-refractivity contribution in [3.63, 3.8) is 0 Å². The van der Waals surface area contributed by atoms with Gasteiger partial charge >= 0.3 is 0 Å². The van der Waals surface area contributed by atoms with E-state index in [1.807, 2.05) is 31.2 Å². The number of ether oxygens (including phenoxy) is 2. The molecule has 2 aromatic rings. The minimum absolute atomic E-state index is 0.168. The molecular weight excluding hydrogens is 458 g/mol. The molecule has 10 heteroatoms. The molecule has 1 aliphatic heterocycles. The third-order valence-electron chi connectivity index (χ3n) is 5.81. The maximum Gasteiger partial charge on any atom is 0.244 e. The van der Waals surface area contributed by atoms with Crippen molar-refractivity contribution in [2.24, 2.45) is 0 Å². The fraction of sp³-hybridized carbons (Fsp3) is 0.417. The van der Waals surface area contributed by atoms with Crippen molar-refractivity contribution in [2.75, 3.05) is 36.9 Å². The van der Waals surface area contributed by atoms with Crippen molar-refractivity contribution in [3.8, 4) is 11.5 Å². The number of carbonyl (C=O) groups is 2. The first-order valence-corrected chi connectivity index (χ1v) is 12.7. The smallest absolute Gasteiger partial charge is 0.244 e. The van der Waals surface area contributed by atoms with E-state index in [0.29, 0.717) is 30.4 Å². The van der Waals surface area contributed by atoms with E-state index < -0.39 is 28.5 Å². The summed E-state index contributed by atoms with van der Waals surface area (Å²) in [5.41, 5.74) is 2.13. The normalized spacial score (nSPS) is 13.6. The molecule has 0 spiro atoms. The minimum Gasteiger partial charge on any atom is -0.486 e. The van der Waals surface area contributed by atoms with E-state index in [1.54, 1.807) is 25.1 Å². The molecule has 0 aliphatic carbocycles. The van der Waals surface area contributed by atoms with Crippen LogP contribution in [0.2, 0.25) is 0 Å². The molecule has 34 heavy (non-hydrogen) atoms. The number of benzene rings is 2. The number of aryl methyl sites for hydroxylation is 1.